The zero-order valence-electron chi connectivity index (χ0n) is 18.1. The number of aryl methyl sites for hydroxylation is 1. The number of phenols is 1. The lowest BCUT2D eigenvalue weighted by molar-refractivity contribution is 0.366. The van der Waals surface area contributed by atoms with Crippen LogP contribution in [0.25, 0.3) is 0 Å². The van der Waals surface area contributed by atoms with Crippen molar-refractivity contribution < 1.29 is 5.11 Å². The van der Waals surface area contributed by atoms with Gasteiger partial charge in [-0.3, -0.25) is 15.0 Å². The molecule has 0 bridgehead atoms. The number of aliphatic imine (C=N–C) groups is 3. The first-order chi connectivity index (χ1) is 15.0. The molecule has 0 aromatic heterocycles. The molecule has 1 N–H and O–H groups in total. The molecule has 0 saturated heterocycles. The molecular weight excluding hydrogens is 382 g/mol. The summed E-state index contributed by atoms with van der Waals surface area (Å²) in [6.07, 6.45) is 5.53. The summed E-state index contributed by atoms with van der Waals surface area (Å²) in [7, 11) is 0. The van der Waals surface area contributed by atoms with Gasteiger partial charge < -0.3 is 5.11 Å². The topological polar surface area (TPSA) is 57.3 Å². The van der Waals surface area contributed by atoms with Crippen LogP contribution in [0.4, 0.5) is 0 Å². The molecule has 3 aromatic rings. The van der Waals surface area contributed by atoms with Crippen LogP contribution in [0.2, 0.25) is 0 Å². The Bertz CT molecular complexity index is 989. The summed E-state index contributed by atoms with van der Waals surface area (Å²) in [4.78, 5) is 14.0. The van der Waals surface area contributed by atoms with Gasteiger partial charge in [0.25, 0.3) is 0 Å². The summed E-state index contributed by atoms with van der Waals surface area (Å²) >= 11 is 0. The molecule has 0 unspecified atom stereocenters. The summed E-state index contributed by atoms with van der Waals surface area (Å²) < 4.78 is 0. The van der Waals surface area contributed by atoms with Gasteiger partial charge in [0.1, 0.15) is 5.75 Å². The van der Waals surface area contributed by atoms with Crippen molar-refractivity contribution in [3.8, 4) is 5.75 Å². The first-order valence-corrected chi connectivity index (χ1v) is 10.4. The van der Waals surface area contributed by atoms with Crippen LogP contribution in [0.3, 0.4) is 0 Å². The Labute approximate surface area is 184 Å². The van der Waals surface area contributed by atoms with Gasteiger partial charge in [0, 0.05) is 49.3 Å². The third-order valence-corrected chi connectivity index (χ3v) is 4.91. The van der Waals surface area contributed by atoms with Crippen molar-refractivity contribution in [2.75, 3.05) is 19.6 Å². The van der Waals surface area contributed by atoms with Crippen molar-refractivity contribution in [3.63, 3.8) is 0 Å². The van der Waals surface area contributed by atoms with E-state index in [1.54, 1.807) is 12.3 Å². The van der Waals surface area contributed by atoms with Crippen molar-refractivity contribution >= 4 is 18.6 Å². The lowest BCUT2D eigenvalue weighted by atomic mass is 9.91. The van der Waals surface area contributed by atoms with Crippen LogP contribution in [0, 0.1) is 12.3 Å². The van der Waals surface area contributed by atoms with Gasteiger partial charge in [-0.2, -0.15) is 0 Å². The first kappa shape index (κ1) is 22.2. The second kappa shape index (κ2) is 11.0. The van der Waals surface area contributed by atoms with Crippen molar-refractivity contribution in [2.45, 2.75) is 13.8 Å². The average molecular weight is 412 g/mol. The van der Waals surface area contributed by atoms with E-state index in [0.717, 1.165) is 22.3 Å². The Morgan fingerprint density at radius 1 is 0.710 bits per heavy atom. The fraction of sp³-hybridized carbons (Fsp3) is 0.222. The Kier molecular flexibility index (Phi) is 7.88. The predicted molar refractivity (Wildman–Crippen MR) is 131 cm³/mol. The quantitative estimate of drug-likeness (QED) is 0.473. The minimum absolute atomic E-state index is 0.236. The highest BCUT2D eigenvalue weighted by molar-refractivity contribution is 5.83. The summed E-state index contributed by atoms with van der Waals surface area (Å²) in [5, 5.41) is 10.1. The number of phenolic OH excluding ortho intramolecular Hbond substituents is 1. The normalized spacial score (nSPS) is 13.9. The number of hydrogen-bond acceptors (Lipinski definition) is 4. The molecular formula is C27H29N3O. The maximum atomic E-state index is 10.1. The van der Waals surface area contributed by atoms with Gasteiger partial charge in [-0.1, -0.05) is 79.2 Å². The molecule has 0 aliphatic heterocycles. The summed E-state index contributed by atoms with van der Waals surface area (Å²) in [6, 6.07) is 25.7. The van der Waals surface area contributed by atoms with Gasteiger partial charge in [0.05, 0.1) is 0 Å². The fourth-order valence-corrected chi connectivity index (χ4v) is 3.11. The fourth-order valence-electron chi connectivity index (χ4n) is 3.11. The SMILES string of the molecule is Cc1ccc(O)c(C=NCC(C)(CN=Cc2ccccc2)CN=Cc2ccccc2)c1. The molecule has 0 heterocycles. The maximum Gasteiger partial charge on any atom is 0.124 e. The van der Waals surface area contributed by atoms with Gasteiger partial charge in [0.15, 0.2) is 0 Å². The van der Waals surface area contributed by atoms with E-state index in [1.165, 1.54) is 0 Å². The molecule has 158 valence electrons. The largest absolute Gasteiger partial charge is 0.507 e. The second-order valence-corrected chi connectivity index (χ2v) is 8.10. The van der Waals surface area contributed by atoms with Crippen molar-refractivity contribution in [3.05, 3.63) is 101 Å². The molecule has 0 spiro atoms. The third kappa shape index (κ3) is 7.34. The van der Waals surface area contributed by atoms with Gasteiger partial charge in [-0.25, -0.2) is 0 Å². The minimum atomic E-state index is -0.244. The molecule has 0 aliphatic carbocycles. The van der Waals surface area contributed by atoms with Crippen LogP contribution in [-0.4, -0.2) is 43.4 Å². The van der Waals surface area contributed by atoms with E-state index in [-0.39, 0.29) is 11.2 Å². The lowest BCUT2D eigenvalue weighted by Gasteiger charge is -2.23. The summed E-state index contributed by atoms with van der Waals surface area (Å²) in [6.45, 7) is 5.90. The zero-order chi connectivity index (χ0) is 21.9. The number of hydrogen-bond donors (Lipinski definition) is 1. The van der Waals surface area contributed by atoms with Gasteiger partial charge in [0.2, 0.25) is 0 Å². The molecule has 0 amide bonds. The average Bonchev–Trinajstić information content (AvgIpc) is 2.78. The Morgan fingerprint density at radius 3 is 1.71 bits per heavy atom. The van der Waals surface area contributed by atoms with Gasteiger partial charge in [-0.05, 0) is 30.2 Å². The van der Waals surface area contributed by atoms with E-state index in [2.05, 4.69) is 21.9 Å². The highest BCUT2D eigenvalue weighted by Crippen LogP contribution is 2.20. The Hall–Kier alpha value is -3.53. The first-order valence-electron chi connectivity index (χ1n) is 10.4. The highest BCUT2D eigenvalue weighted by atomic mass is 16.3. The predicted octanol–water partition coefficient (Wildman–Crippen LogP) is 5.36. The number of nitrogens with zero attached hydrogens (tertiary/aromatic N) is 3. The van der Waals surface area contributed by atoms with Crippen molar-refractivity contribution in [1.29, 1.82) is 0 Å². The van der Waals surface area contributed by atoms with Crippen LogP contribution >= 0.6 is 0 Å². The van der Waals surface area contributed by atoms with Crippen LogP contribution < -0.4 is 0 Å². The van der Waals surface area contributed by atoms with Crippen LogP contribution in [0.1, 0.15) is 29.2 Å². The van der Waals surface area contributed by atoms with Crippen LogP contribution in [0.5, 0.6) is 5.75 Å². The summed E-state index contributed by atoms with van der Waals surface area (Å²) in [5.41, 5.74) is 3.72. The van der Waals surface area contributed by atoms with E-state index in [9.17, 15) is 5.11 Å². The number of rotatable bonds is 9. The molecule has 0 aliphatic rings. The number of aromatic hydroxyl groups is 1. The van der Waals surface area contributed by atoms with Crippen LogP contribution in [0.15, 0.2) is 93.8 Å². The van der Waals surface area contributed by atoms with Crippen molar-refractivity contribution in [2.24, 2.45) is 20.4 Å². The Balaban J connectivity index is 1.72. The van der Waals surface area contributed by atoms with E-state index in [1.807, 2.05) is 92.1 Å². The number of benzene rings is 3. The second-order valence-electron chi connectivity index (χ2n) is 8.10. The Morgan fingerprint density at radius 2 is 1.19 bits per heavy atom. The maximum absolute atomic E-state index is 10.1. The van der Waals surface area contributed by atoms with Gasteiger partial charge in [-0.15, -0.1) is 0 Å². The molecule has 0 saturated carbocycles. The zero-order valence-corrected chi connectivity index (χ0v) is 18.1. The van der Waals surface area contributed by atoms with E-state index in [4.69, 9.17) is 0 Å². The minimum Gasteiger partial charge on any atom is -0.507 e. The van der Waals surface area contributed by atoms with E-state index in [0.29, 0.717) is 19.6 Å². The molecule has 0 fully saturated rings. The van der Waals surface area contributed by atoms with Crippen molar-refractivity contribution in [1.82, 2.24) is 0 Å². The molecule has 0 radical (unpaired) electrons. The molecule has 31 heavy (non-hydrogen) atoms. The van der Waals surface area contributed by atoms with Crippen LogP contribution in [-0.2, 0) is 0 Å². The monoisotopic (exact) mass is 411 g/mol. The van der Waals surface area contributed by atoms with E-state index < -0.39 is 0 Å². The lowest BCUT2D eigenvalue weighted by Crippen LogP contribution is -2.28. The third-order valence-electron chi connectivity index (χ3n) is 4.91. The molecule has 3 aromatic carbocycles. The molecule has 0 atom stereocenters. The highest BCUT2D eigenvalue weighted by Gasteiger charge is 2.23. The smallest absolute Gasteiger partial charge is 0.124 e. The molecule has 4 nitrogen and oxygen atoms in total. The standard InChI is InChI=1S/C27H29N3O/c1-22-13-14-26(31)25(15-22)18-30-21-27(2,19-28-16-23-9-5-3-6-10-23)20-29-17-24-11-7-4-8-12-24/h3-18,31H,19-21H2,1-2H3. The summed E-state index contributed by atoms with van der Waals surface area (Å²) in [5.74, 6) is 0.236. The van der Waals surface area contributed by atoms with E-state index >= 15 is 0 Å². The molecule has 3 rings (SSSR count). The van der Waals surface area contributed by atoms with Gasteiger partial charge >= 0.3 is 0 Å². The molecule has 4 heteroatoms.